The molecule has 11 heteroatoms. The molecule has 2 aliphatic carbocycles. The van der Waals surface area contributed by atoms with Crippen LogP contribution in [0.4, 0.5) is 0 Å². The highest BCUT2D eigenvalue weighted by Gasteiger charge is 2.57. The first-order chi connectivity index (χ1) is 19.9. The van der Waals surface area contributed by atoms with Crippen molar-refractivity contribution in [2.45, 2.75) is 128 Å². The molecule has 5 rings (SSSR count). The maximum atomic E-state index is 11.0. The van der Waals surface area contributed by atoms with E-state index in [-0.39, 0.29) is 23.5 Å². The maximum absolute atomic E-state index is 11.0. The van der Waals surface area contributed by atoms with Gasteiger partial charge in [-0.25, -0.2) is 0 Å². The van der Waals surface area contributed by atoms with E-state index in [0.29, 0.717) is 12.3 Å². The van der Waals surface area contributed by atoms with E-state index in [4.69, 9.17) is 23.4 Å². The minimum atomic E-state index is -1.60. The van der Waals surface area contributed by atoms with Crippen molar-refractivity contribution in [3.05, 3.63) is 35.3 Å². The fourth-order valence-corrected chi connectivity index (χ4v) is 8.05. The Balaban J connectivity index is 1.35. The van der Waals surface area contributed by atoms with Gasteiger partial charge in [0.2, 0.25) is 0 Å². The van der Waals surface area contributed by atoms with Crippen LogP contribution in [0, 0.1) is 16.7 Å². The monoisotopic (exact) mass is 596 g/mol. The molecule has 0 aromatic carbocycles. The summed E-state index contributed by atoms with van der Waals surface area (Å²) in [5.41, 5.74) is 3.83. The number of aryl methyl sites for hydroxylation is 1. The Kier molecular flexibility index (Phi) is 9.57. The summed E-state index contributed by atoms with van der Waals surface area (Å²) in [6, 6.07) is 2.01. The number of allylic oxidation sites excluding steroid dienone is 2. The van der Waals surface area contributed by atoms with Crippen molar-refractivity contribution in [2.75, 3.05) is 13.2 Å². The van der Waals surface area contributed by atoms with E-state index >= 15 is 0 Å². The number of rotatable bonds is 8. The molecule has 3 heterocycles. The van der Waals surface area contributed by atoms with Crippen molar-refractivity contribution >= 4 is 0 Å². The van der Waals surface area contributed by atoms with Crippen LogP contribution in [-0.4, -0.2) is 105 Å². The van der Waals surface area contributed by atoms with Crippen LogP contribution in [0.3, 0.4) is 0 Å². The van der Waals surface area contributed by atoms with Crippen molar-refractivity contribution < 1.29 is 54.0 Å². The zero-order valence-electron chi connectivity index (χ0n) is 25.0. The first kappa shape index (κ1) is 32.0. The summed E-state index contributed by atoms with van der Waals surface area (Å²) in [4.78, 5) is 0. The minimum Gasteiger partial charge on any atom is -0.472 e. The number of aliphatic hydroxyl groups is 6. The molecule has 1 aromatic rings. The van der Waals surface area contributed by atoms with Gasteiger partial charge in [0.15, 0.2) is 12.6 Å². The fourth-order valence-electron chi connectivity index (χ4n) is 8.05. The van der Waals surface area contributed by atoms with Crippen LogP contribution in [0.5, 0.6) is 0 Å². The van der Waals surface area contributed by atoms with Gasteiger partial charge in [-0.1, -0.05) is 31.9 Å². The van der Waals surface area contributed by atoms with Crippen molar-refractivity contribution in [2.24, 2.45) is 16.7 Å². The molecule has 0 spiro atoms. The summed E-state index contributed by atoms with van der Waals surface area (Å²) < 4.78 is 29.1. The van der Waals surface area contributed by atoms with Gasteiger partial charge in [-0.3, -0.25) is 0 Å². The van der Waals surface area contributed by atoms with Crippen molar-refractivity contribution in [3.63, 3.8) is 0 Å². The molecule has 6 N–H and O–H groups in total. The Morgan fingerprint density at radius 2 is 1.69 bits per heavy atom. The lowest BCUT2D eigenvalue weighted by molar-refractivity contribution is -0.368. The van der Waals surface area contributed by atoms with Crippen LogP contribution < -0.4 is 0 Å². The van der Waals surface area contributed by atoms with Gasteiger partial charge in [0.1, 0.15) is 42.7 Å². The normalized spacial score (nSPS) is 44.2. The van der Waals surface area contributed by atoms with Crippen LogP contribution in [0.2, 0.25) is 0 Å². The minimum absolute atomic E-state index is 0.0148. The Bertz CT molecular complexity index is 1070. The number of hydrogen-bond donors (Lipinski definition) is 6. The number of fused-ring (bicyclic) bond motifs is 1. The lowest BCUT2D eigenvalue weighted by Gasteiger charge is -2.58. The average Bonchev–Trinajstić information content (AvgIpc) is 3.47. The number of aliphatic hydroxyl groups excluding tert-OH is 6. The molecule has 238 valence electrons. The molecule has 12 atom stereocenters. The molecule has 0 amide bonds. The van der Waals surface area contributed by atoms with Crippen molar-refractivity contribution in [3.8, 4) is 0 Å². The molecule has 2 saturated heterocycles. The fraction of sp³-hybridized carbons (Fsp3) is 0.806. The molecule has 4 aliphatic rings. The lowest BCUT2D eigenvalue weighted by Crippen LogP contribution is -2.64. The van der Waals surface area contributed by atoms with Gasteiger partial charge in [-0.05, 0) is 73.8 Å². The van der Waals surface area contributed by atoms with Gasteiger partial charge < -0.3 is 54.0 Å². The van der Waals surface area contributed by atoms with Gasteiger partial charge in [0, 0.05) is 0 Å². The summed E-state index contributed by atoms with van der Waals surface area (Å²) in [5.74, 6) is 0.305. The van der Waals surface area contributed by atoms with Gasteiger partial charge in [0.05, 0.1) is 31.8 Å². The van der Waals surface area contributed by atoms with E-state index in [0.717, 1.165) is 32.1 Å². The van der Waals surface area contributed by atoms with Crippen LogP contribution in [0.15, 0.2) is 34.2 Å². The number of furan rings is 1. The summed E-state index contributed by atoms with van der Waals surface area (Å²) in [6.45, 7) is 8.19. The second-order valence-electron chi connectivity index (χ2n) is 13.4. The van der Waals surface area contributed by atoms with Gasteiger partial charge in [-0.15, -0.1) is 0 Å². The maximum Gasteiger partial charge on any atom is 0.187 e. The molecule has 0 radical (unpaired) electrons. The largest absolute Gasteiger partial charge is 0.472 e. The predicted octanol–water partition coefficient (Wildman–Crippen LogP) is 1.41. The molecular weight excluding hydrogens is 548 g/mol. The molecular formula is C31H48O11. The summed E-state index contributed by atoms with van der Waals surface area (Å²) in [7, 11) is 0. The highest BCUT2D eigenvalue weighted by atomic mass is 16.8. The van der Waals surface area contributed by atoms with Crippen molar-refractivity contribution in [1.82, 2.24) is 0 Å². The molecule has 1 saturated carbocycles. The third kappa shape index (κ3) is 5.85. The highest BCUT2D eigenvalue weighted by Crippen LogP contribution is 2.61. The summed E-state index contributed by atoms with van der Waals surface area (Å²) in [5, 5.41) is 61.9. The van der Waals surface area contributed by atoms with Gasteiger partial charge in [0.25, 0.3) is 0 Å². The standard InChI is InChI=1S/C31H48O11/c1-16-5-8-21-30(2,3)22(9-11-31(21,4)18(16)7-6-17-10-12-38-14-17)41-29-27(25(36)24(35)20(13-32)40-29)42-28-26(37)23(34)19(33)15-39-28/h10,12,14,19-29,32-37H,5-9,11,13,15H2,1-4H3. The summed E-state index contributed by atoms with van der Waals surface area (Å²) >= 11 is 0. The molecule has 11 nitrogen and oxygen atoms in total. The average molecular weight is 597 g/mol. The van der Waals surface area contributed by atoms with Crippen LogP contribution in [-0.2, 0) is 25.4 Å². The second-order valence-corrected chi connectivity index (χ2v) is 13.4. The second kappa shape index (κ2) is 12.5. The van der Waals surface area contributed by atoms with E-state index in [1.807, 2.05) is 6.07 Å². The zero-order valence-corrected chi connectivity index (χ0v) is 25.0. The third-order valence-electron chi connectivity index (χ3n) is 10.5. The van der Waals surface area contributed by atoms with Gasteiger partial charge in [-0.2, -0.15) is 0 Å². The topological polar surface area (TPSA) is 171 Å². The van der Waals surface area contributed by atoms with E-state index in [2.05, 4.69) is 27.7 Å². The molecule has 42 heavy (non-hydrogen) atoms. The summed E-state index contributed by atoms with van der Waals surface area (Å²) in [6.07, 6.45) is -3.70. The first-order valence-corrected chi connectivity index (χ1v) is 15.2. The molecule has 3 fully saturated rings. The number of ether oxygens (including phenoxy) is 4. The Morgan fingerprint density at radius 1 is 0.929 bits per heavy atom. The van der Waals surface area contributed by atoms with E-state index in [1.165, 1.54) is 16.7 Å². The number of hydrogen-bond acceptors (Lipinski definition) is 11. The first-order valence-electron chi connectivity index (χ1n) is 15.2. The Labute approximate surface area is 247 Å². The van der Waals surface area contributed by atoms with Crippen LogP contribution in [0.1, 0.15) is 65.4 Å². The van der Waals surface area contributed by atoms with Gasteiger partial charge >= 0.3 is 0 Å². The van der Waals surface area contributed by atoms with Crippen LogP contribution in [0.25, 0.3) is 0 Å². The molecule has 2 aliphatic heterocycles. The van der Waals surface area contributed by atoms with Crippen LogP contribution >= 0.6 is 0 Å². The zero-order chi connectivity index (χ0) is 30.4. The quantitative estimate of drug-likeness (QED) is 0.240. The van der Waals surface area contributed by atoms with E-state index < -0.39 is 61.9 Å². The van der Waals surface area contributed by atoms with E-state index in [1.54, 1.807) is 12.5 Å². The van der Waals surface area contributed by atoms with E-state index in [9.17, 15) is 30.6 Å². The molecule has 12 unspecified atom stereocenters. The Morgan fingerprint density at radius 3 is 2.38 bits per heavy atom. The SMILES string of the molecule is CC1=C(CCc2ccoc2)C2(C)CCC(OC3OC(CO)C(O)C(O)C3OC3OCC(O)C(O)C3O)C(C)(C)C2CC1. The molecule has 0 bridgehead atoms. The van der Waals surface area contributed by atoms with Crippen molar-refractivity contribution in [1.29, 1.82) is 0 Å². The predicted molar refractivity (Wildman–Crippen MR) is 149 cm³/mol. The Hall–Kier alpha value is -1.38. The highest BCUT2D eigenvalue weighted by molar-refractivity contribution is 5.29. The molecule has 1 aromatic heterocycles. The lowest BCUT2D eigenvalue weighted by atomic mass is 9.49. The third-order valence-corrected chi connectivity index (χ3v) is 10.5. The smallest absolute Gasteiger partial charge is 0.187 e.